The minimum atomic E-state index is 0.285. The van der Waals surface area contributed by atoms with Crippen LogP contribution in [0.5, 0.6) is 0 Å². The van der Waals surface area contributed by atoms with Crippen molar-refractivity contribution >= 4 is 27.7 Å². The van der Waals surface area contributed by atoms with Crippen LogP contribution >= 0.6 is 27.7 Å². The van der Waals surface area contributed by atoms with Crippen LogP contribution in [0.1, 0.15) is 30.0 Å². The van der Waals surface area contributed by atoms with Crippen molar-refractivity contribution < 1.29 is 4.42 Å². The van der Waals surface area contributed by atoms with Gasteiger partial charge in [-0.3, -0.25) is 0 Å². The summed E-state index contributed by atoms with van der Waals surface area (Å²) in [5, 5.41) is 3.96. The average molecular weight is 341 g/mol. The normalized spacial score (nSPS) is 12.7. The second kappa shape index (κ2) is 6.11. The number of aryl methyl sites for hydroxylation is 2. The molecule has 0 aliphatic rings. The van der Waals surface area contributed by atoms with E-state index in [2.05, 4.69) is 51.4 Å². The number of nitrogens with zero attached hydrogens (tertiary/aromatic N) is 1. The van der Waals surface area contributed by atoms with Gasteiger partial charge in [-0.1, -0.05) is 22.0 Å². The number of halogens is 1. The molecule has 0 fully saturated rings. The zero-order chi connectivity index (χ0) is 14.0. The number of hydrogen-bond acceptors (Lipinski definition) is 4. The largest absolute Gasteiger partial charge is 0.436 e. The van der Waals surface area contributed by atoms with Crippen LogP contribution in [0.2, 0.25) is 0 Å². The lowest BCUT2D eigenvalue weighted by Gasteiger charge is -2.14. The fourth-order valence-corrected chi connectivity index (χ4v) is 3.29. The smallest absolute Gasteiger partial charge is 0.261 e. The Balaban J connectivity index is 2.35. The highest BCUT2D eigenvalue weighted by Crippen LogP contribution is 2.35. The maximum Gasteiger partial charge on any atom is 0.261 e. The van der Waals surface area contributed by atoms with Crippen LogP contribution in [-0.4, -0.2) is 12.0 Å². The van der Waals surface area contributed by atoms with Crippen LogP contribution in [0.15, 0.2) is 37.2 Å². The molecule has 0 radical (unpaired) electrons. The number of oxazole rings is 1. The Morgan fingerprint density at radius 2 is 2.11 bits per heavy atom. The first-order chi connectivity index (χ1) is 9.01. The van der Waals surface area contributed by atoms with E-state index in [0.717, 1.165) is 20.8 Å². The lowest BCUT2D eigenvalue weighted by atomic mass is 10.1. The molecule has 0 spiro atoms. The minimum Gasteiger partial charge on any atom is -0.436 e. The standard InChI is InChI=1S/C14H17BrN2OS/c1-8-10(3)18-14(17-8)19-13-7-11(15)5-6-12(13)9(2)16-4/h5-7,9,16H,1-4H3. The zero-order valence-corrected chi connectivity index (χ0v) is 13.9. The summed E-state index contributed by atoms with van der Waals surface area (Å²) in [6.07, 6.45) is 0. The van der Waals surface area contributed by atoms with Crippen molar-refractivity contribution in [3.05, 3.63) is 39.7 Å². The van der Waals surface area contributed by atoms with Gasteiger partial charge < -0.3 is 9.73 Å². The number of benzene rings is 1. The molecule has 1 N–H and O–H groups in total. The van der Waals surface area contributed by atoms with E-state index >= 15 is 0 Å². The molecule has 2 aromatic rings. The second-order valence-electron chi connectivity index (χ2n) is 4.42. The molecular weight excluding hydrogens is 324 g/mol. The summed E-state index contributed by atoms with van der Waals surface area (Å²) in [6.45, 7) is 6.03. The predicted octanol–water partition coefficient (Wildman–Crippen LogP) is 4.49. The lowest BCUT2D eigenvalue weighted by molar-refractivity contribution is 0.431. The van der Waals surface area contributed by atoms with Gasteiger partial charge in [0, 0.05) is 15.4 Å². The molecule has 0 amide bonds. The van der Waals surface area contributed by atoms with Crippen molar-refractivity contribution in [2.24, 2.45) is 0 Å². The SMILES string of the molecule is CNC(C)c1ccc(Br)cc1Sc1nc(C)c(C)o1. The summed E-state index contributed by atoms with van der Waals surface area (Å²) < 4.78 is 6.70. The van der Waals surface area contributed by atoms with Crippen molar-refractivity contribution in [3.8, 4) is 0 Å². The molecule has 3 nitrogen and oxygen atoms in total. The van der Waals surface area contributed by atoms with Gasteiger partial charge in [-0.25, -0.2) is 4.98 Å². The Morgan fingerprint density at radius 1 is 1.37 bits per heavy atom. The third kappa shape index (κ3) is 3.41. The second-order valence-corrected chi connectivity index (χ2v) is 6.32. The quantitative estimate of drug-likeness (QED) is 0.889. The van der Waals surface area contributed by atoms with Crippen LogP contribution in [-0.2, 0) is 0 Å². The Kier molecular flexibility index (Phi) is 4.71. The number of hydrogen-bond donors (Lipinski definition) is 1. The van der Waals surface area contributed by atoms with E-state index < -0.39 is 0 Å². The van der Waals surface area contributed by atoms with E-state index in [1.165, 1.54) is 5.56 Å². The first-order valence-corrected chi connectivity index (χ1v) is 7.70. The van der Waals surface area contributed by atoms with Gasteiger partial charge in [0.2, 0.25) is 0 Å². The van der Waals surface area contributed by atoms with Gasteiger partial charge in [-0.2, -0.15) is 0 Å². The molecule has 1 atom stereocenters. The Labute approximate surface area is 126 Å². The summed E-state index contributed by atoms with van der Waals surface area (Å²) >= 11 is 5.07. The molecule has 102 valence electrons. The zero-order valence-electron chi connectivity index (χ0n) is 11.5. The first kappa shape index (κ1) is 14.6. The maximum absolute atomic E-state index is 5.64. The van der Waals surface area contributed by atoms with Gasteiger partial charge >= 0.3 is 0 Å². The van der Waals surface area contributed by atoms with Gasteiger partial charge in [0.25, 0.3) is 5.22 Å². The summed E-state index contributed by atoms with van der Waals surface area (Å²) in [5.41, 5.74) is 2.19. The summed E-state index contributed by atoms with van der Waals surface area (Å²) in [5.74, 6) is 0.876. The predicted molar refractivity (Wildman–Crippen MR) is 81.7 cm³/mol. The monoisotopic (exact) mass is 340 g/mol. The highest BCUT2D eigenvalue weighted by molar-refractivity contribution is 9.10. The van der Waals surface area contributed by atoms with Crippen LogP contribution in [0, 0.1) is 13.8 Å². The molecule has 19 heavy (non-hydrogen) atoms. The van der Waals surface area contributed by atoms with Crippen LogP contribution in [0.4, 0.5) is 0 Å². The maximum atomic E-state index is 5.64. The molecule has 1 heterocycles. The minimum absolute atomic E-state index is 0.285. The fourth-order valence-electron chi connectivity index (χ4n) is 1.69. The van der Waals surface area contributed by atoms with Crippen LogP contribution < -0.4 is 5.32 Å². The summed E-state index contributed by atoms with van der Waals surface area (Å²) in [4.78, 5) is 5.57. The first-order valence-electron chi connectivity index (χ1n) is 6.10. The number of aromatic nitrogens is 1. The van der Waals surface area contributed by atoms with Gasteiger partial charge in [-0.15, -0.1) is 0 Å². The molecule has 5 heteroatoms. The van der Waals surface area contributed by atoms with E-state index in [1.54, 1.807) is 11.8 Å². The average Bonchev–Trinajstić information content (AvgIpc) is 2.67. The third-order valence-electron chi connectivity index (χ3n) is 3.08. The Bertz CT molecular complexity index is 563. The van der Waals surface area contributed by atoms with Gasteiger partial charge in [0.15, 0.2) is 0 Å². The fraction of sp³-hybridized carbons (Fsp3) is 0.357. The summed E-state index contributed by atoms with van der Waals surface area (Å²) in [6, 6.07) is 6.56. The number of rotatable bonds is 4. The molecule has 1 aromatic heterocycles. The van der Waals surface area contributed by atoms with Gasteiger partial charge in [0.05, 0.1) is 5.69 Å². The molecule has 0 bridgehead atoms. The highest BCUT2D eigenvalue weighted by Gasteiger charge is 2.14. The van der Waals surface area contributed by atoms with Gasteiger partial charge in [-0.05, 0) is 57.3 Å². The van der Waals surface area contributed by atoms with E-state index in [4.69, 9.17) is 4.42 Å². The summed E-state index contributed by atoms with van der Waals surface area (Å²) in [7, 11) is 1.96. The molecule has 2 rings (SSSR count). The topological polar surface area (TPSA) is 38.1 Å². The molecule has 0 saturated heterocycles. The molecule has 0 saturated carbocycles. The van der Waals surface area contributed by atoms with Crippen molar-refractivity contribution in [3.63, 3.8) is 0 Å². The molecule has 1 unspecified atom stereocenters. The van der Waals surface area contributed by atoms with E-state index in [-0.39, 0.29) is 6.04 Å². The lowest BCUT2D eigenvalue weighted by Crippen LogP contribution is -2.13. The third-order valence-corrected chi connectivity index (χ3v) is 4.50. The Morgan fingerprint density at radius 3 is 2.68 bits per heavy atom. The molecular formula is C14H17BrN2OS. The van der Waals surface area contributed by atoms with Gasteiger partial charge in [0.1, 0.15) is 5.76 Å². The van der Waals surface area contributed by atoms with Crippen molar-refractivity contribution in [2.75, 3.05) is 7.05 Å². The van der Waals surface area contributed by atoms with Crippen LogP contribution in [0.3, 0.4) is 0 Å². The molecule has 1 aromatic carbocycles. The van der Waals surface area contributed by atoms with Crippen LogP contribution in [0.25, 0.3) is 0 Å². The molecule has 0 aliphatic carbocycles. The van der Waals surface area contributed by atoms with E-state index in [0.29, 0.717) is 5.22 Å². The van der Waals surface area contributed by atoms with Crippen molar-refractivity contribution in [1.29, 1.82) is 0 Å². The highest BCUT2D eigenvalue weighted by atomic mass is 79.9. The number of nitrogens with one attached hydrogen (secondary N) is 1. The van der Waals surface area contributed by atoms with Crippen molar-refractivity contribution in [2.45, 2.75) is 36.9 Å². The van der Waals surface area contributed by atoms with E-state index in [9.17, 15) is 0 Å². The Hall–Kier alpha value is -0.780. The molecule has 0 aliphatic heterocycles. The van der Waals surface area contributed by atoms with E-state index in [1.807, 2.05) is 20.9 Å². The van der Waals surface area contributed by atoms with Crippen molar-refractivity contribution in [1.82, 2.24) is 10.3 Å².